The highest BCUT2D eigenvalue weighted by Gasteiger charge is 2.21. The van der Waals surface area contributed by atoms with Crippen molar-refractivity contribution >= 4 is 51.1 Å². The van der Waals surface area contributed by atoms with Gasteiger partial charge in [0, 0.05) is 18.5 Å². The van der Waals surface area contributed by atoms with Gasteiger partial charge in [0.2, 0.25) is 5.91 Å². The van der Waals surface area contributed by atoms with Gasteiger partial charge in [-0.1, -0.05) is 0 Å². The van der Waals surface area contributed by atoms with Gasteiger partial charge in [-0.25, -0.2) is 9.37 Å². The van der Waals surface area contributed by atoms with Gasteiger partial charge >= 0.3 is 0 Å². The van der Waals surface area contributed by atoms with E-state index in [9.17, 15) is 9.18 Å². The quantitative estimate of drug-likeness (QED) is 0.620. The summed E-state index contributed by atoms with van der Waals surface area (Å²) in [5.41, 5.74) is 6.53. The third kappa shape index (κ3) is 2.90. The fraction of sp³-hybridized carbons (Fsp3) is 0.385. The molecule has 2 rings (SSSR count). The van der Waals surface area contributed by atoms with Crippen molar-refractivity contribution in [1.29, 1.82) is 0 Å². The highest BCUT2D eigenvalue weighted by atomic mass is 127. The summed E-state index contributed by atoms with van der Waals surface area (Å²) in [7, 11) is 0. The third-order valence-corrected chi connectivity index (χ3v) is 4.07. The summed E-state index contributed by atoms with van der Waals surface area (Å²) in [4.78, 5) is 15.6. The second-order valence-electron chi connectivity index (χ2n) is 4.73. The monoisotopic (exact) mass is 409 g/mol. The van der Waals surface area contributed by atoms with Crippen LogP contribution in [-0.2, 0) is 4.79 Å². The first kappa shape index (κ1) is 15.5. The van der Waals surface area contributed by atoms with Crippen LogP contribution in [0.2, 0.25) is 0 Å². The molecule has 0 saturated heterocycles. The maximum Gasteiger partial charge on any atom is 0.219 e. The van der Waals surface area contributed by atoms with Crippen LogP contribution in [0.25, 0.3) is 11.0 Å². The summed E-state index contributed by atoms with van der Waals surface area (Å²) >= 11 is 8.06. The summed E-state index contributed by atoms with van der Waals surface area (Å²) in [6.07, 6.45) is 0.148. The van der Waals surface area contributed by atoms with Crippen molar-refractivity contribution in [1.82, 2.24) is 9.55 Å². The summed E-state index contributed by atoms with van der Waals surface area (Å²) in [6.45, 7) is 3.63. The molecule has 1 heterocycles. The Kier molecular flexibility index (Phi) is 4.53. The van der Waals surface area contributed by atoms with E-state index in [4.69, 9.17) is 17.3 Å². The molecule has 0 aliphatic rings. The van der Waals surface area contributed by atoms with E-state index in [2.05, 4.69) is 4.98 Å². The van der Waals surface area contributed by atoms with E-state index in [1.54, 1.807) is 17.6 Å². The number of halogens is 3. The average Bonchev–Trinajstić information content (AvgIpc) is 2.67. The standard InChI is InChI=1S/C13H14ClFIN3O/c1-6(3-12(17)20)19-11-4-8(15)9(16)5-10(11)18-13(19)7(2)14/h4-7H,3H2,1-2H3,(H2,17,20). The number of primary amides is 1. The molecule has 1 aromatic heterocycles. The SMILES string of the molecule is CC(Cl)c1nc2cc(I)c(F)cc2n1C(C)CC(N)=O. The molecule has 0 fully saturated rings. The molecule has 0 bridgehead atoms. The molecular formula is C13H14ClFIN3O. The molecule has 0 saturated carbocycles. The maximum atomic E-state index is 13.8. The number of fused-ring (bicyclic) bond motifs is 1. The van der Waals surface area contributed by atoms with Gasteiger partial charge in [0.25, 0.3) is 0 Å². The number of nitrogens with zero attached hydrogens (tertiary/aromatic N) is 2. The molecule has 20 heavy (non-hydrogen) atoms. The Morgan fingerprint density at radius 1 is 1.55 bits per heavy atom. The molecule has 2 atom stereocenters. The first-order valence-electron chi connectivity index (χ1n) is 6.10. The predicted molar refractivity (Wildman–Crippen MR) is 85.2 cm³/mol. The van der Waals surface area contributed by atoms with Crippen LogP contribution in [0.1, 0.15) is 37.5 Å². The zero-order chi connectivity index (χ0) is 15.0. The number of hydrogen-bond donors (Lipinski definition) is 1. The molecule has 1 amide bonds. The number of imidazole rings is 1. The van der Waals surface area contributed by atoms with Crippen molar-refractivity contribution in [2.75, 3.05) is 0 Å². The summed E-state index contributed by atoms with van der Waals surface area (Å²) in [5.74, 6) is -0.130. The second kappa shape index (κ2) is 5.85. The minimum Gasteiger partial charge on any atom is -0.370 e. The smallest absolute Gasteiger partial charge is 0.219 e. The van der Waals surface area contributed by atoms with Gasteiger partial charge in [0.15, 0.2) is 0 Å². The topological polar surface area (TPSA) is 60.9 Å². The molecule has 2 unspecified atom stereocenters. The van der Waals surface area contributed by atoms with Gasteiger partial charge in [-0.3, -0.25) is 4.79 Å². The predicted octanol–water partition coefficient (Wildman–Crippen LogP) is 3.52. The van der Waals surface area contributed by atoms with Crippen molar-refractivity contribution in [3.05, 3.63) is 27.3 Å². The van der Waals surface area contributed by atoms with Crippen LogP contribution >= 0.6 is 34.2 Å². The van der Waals surface area contributed by atoms with Gasteiger partial charge in [0.05, 0.1) is 20.0 Å². The number of alkyl halides is 1. The number of nitrogens with two attached hydrogens (primary N) is 1. The van der Waals surface area contributed by atoms with Crippen LogP contribution in [0.3, 0.4) is 0 Å². The van der Waals surface area contributed by atoms with Gasteiger partial charge in [0.1, 0.15) is 11.6 Å². The highest BCUT2D eigenvalue weighted by molar-refractivity contribution is 14.1. The maximum absolute atomic E-state index is 13.8. The van der Waals surface area contributed by atoms with E-state index < -0.39 is 5.91 Å². The van der Waals surface area contributed by atoms with Crippen molar-refractivity contribution in [2.45, 2.75) is 31.7 Å². The van der Waals surface area contributed by atoms with Crippen LogP contribution in [0, 0.1) is 9.39 Å². The largest absolute Gasteiger partial charge is 0.370 e. The van der Waals surface area contributed by atoms with Crippen molar-refractivity contribution in [2.24, 2.45) is 5.73 Å². The van der Waals surface area contributed by atoms with E-state index in [0.29, 0.717) is 20.4 Å². The van der Waals surface area contributed by atoms with E-state index in [1.807, 2.05) is 29.5 Å². The molecule has 4 nitrogen and oxygen atoms in total. The zero-order valence-corrected chi connectivity index (χ0v) is 13.9. The molecule has 0 aliphatic heterocycles. The Labute approximate surface area is 134 Å². The van der Waals surface area contributed by atoms with Crippen LogP contribution in [0.5, 0.6) is 0 Å². The highest BCUT2D eigenvalue weighted by Crippen LogP contribution is 2.30. The Balaban J connectivity index is 2.67. The lowest BCUT2D eigenvalue weighted by Gasteiger charge is -2.17. The number of aromatic nitrogens is 2. The van der Waals surface area contributed by atoms with Crippen molar-refractivity contribution in [3.8, 4) is 0 Å². The Morgan fingerprint density at radius 2 is 2.20 bits per heavy atom. The zero-order valence-electron chi connectivity index (χ0n) is 11.0. The third-order valence-electron chi connectivity index (χ3n) is 3.05. The summed E-state index contributed by atoms with van der Waals surface area (Å²) in [5, 5.41) is -0.349. The van der Waals surface area contributed by atoms with E-state index in [-0.39, 0.29) is 23.7 Å². The average molecular weight is 410 g/mol. The minimum absolute atomic E-state index is 0.148. The number of carbonyl (C=O) groups excluding carboxylic acids is 1. The van der Waals surface area contributed by atoms with Gasteiger partial charge in [-0.05, 0) is 42.5 Å². The lowest BCUT2D eigenvalue weighted by Crippen LogP contribution is -2.19. The van der Waals surface area contributed by atoms with Crippen LogP contribution < -0.4 is 5.73 Å². The molecule has 1 aromatic carbocycles. The Morgan fingerprint density at radius 3 is 2.75 bits per heavy atom. The molecule has 2 aromatic rings. The van der Waals surface area contributed by atoms with Crippen LogP contribution in [0.4, 0.5) is 4.39 Å². The number of amides is 1. The fourth-order valence-corrected chi connectivity index (χ4v) is 2.84. The lowest BCUT2D eigenvalue weighted by molar-refractivity contribution is -0.118. The van der Waals surface area contributed by atoms with Crippen LogP contribution in [0.15, 0.2) is 12.1 Å². The minimum atomic E-state index is -0.418. The number of rotatable bonds is 4. The molecule has 0 radical (unpaired) electrons. The molecular weight excluding hydrogens is 396 g/mol. The summed E-state index contributed by atoms with van der Waals surface area (Å²) < 4.78 is 16.1. The van der Waals surface area contributed by atoms with Crippen molar-refractivity contribution in [3.63, 3.8) is 0 Å². The molecule has 0 aliphatic carbocycles. The van der Waals surface area contributed by atoms with Crippen LogP contribution in [-0.4, -0.2) is 15.5 Å². The molecule has 0 spiro atoms. The van der Waals surface area contributed by atoms with Gasteiger partial charge < -0.3 is 10.3 Å². The number of carbonyl (C=O) groups is 1. The molecule has 2 N–H and O–H groups in total. The lowest BCUT2D eigenvalue weighted by atomic mass is 10.2. The molecule has 108 valence electrons. The first-order chi connectivity index (χ1) is 9.31. The fourth-order valence-electron chi connectivity index (χ4n) is 2.24. The van der Waals surface area contributed by atoms with Crippen molar-refractivity contribution < 1.29 is 9.18 Å². The molecule has 7 heteroatoms. The Bertz CT molecular complexity index is 671. The van der Waals surface area contributed by atoms with Gasteiger partial charge in [-0.15, -0.1) is 11.6 Å². The second-order valence-corrected chi connectivity index (χ2v) is 6.55. The first-order valence-corrected chi connectivity index (χ1v) is 7.62. The number of benzene rings is 1. The Hall–Kier alpha value is -0.890. The number of hydrogen-bond acceptors (Lipinski definition) is 2. The van der Waals surface area contributed by atoms with E-state index in [1.165, 1.54) is 6.07 Å². The van der Waals surface area contributed by atoms with Gasteiger partial charge in [-0.2, -0.15) is 0 Å². The van der Waals surface area contributed by atoms with E-state index in [0.717, 1.165) is 0 Å². The normalized spacial score (nSPS) is 14.4. The summed E-state index contributed by atoms with van der Waals surface area (Å²) in [6, 6.07) is 2.86. The van der Waals surface area contributed by atoms with E-state index >= 15 is 0 Å².